The summed E-state index contributed by atoms with van der Waals surface area (Å²) in [6, 6.07) is 4.11. The van der Waals surface area contributed by atoms with Gasteiger partial charge in [-0.25, -0.2) is 0 Å². The van der Waals surface area contributed by atoms with Crippen LogP contribution in [0.3, 0.4) is 0 Å². The van der Waals surface area contributed by atoms with E-state index in [1.165, 1.54) is 20.0 Å². The lowest BCUT2D eigenvalue weighted by Gasteiger charge is -2.14. The Bertz CT molecular complexity index is 434. The smallest absolute Gasteiger partial charge is 0.161 e. The molecule has 0 heterocycles. The van der Waals surface area contributed by atoms with Crippen LogP contribution >= 0.6 is 0 Å². The van der Waals surface area contributed by atoms with Crippen LogP contribution in [0, 0.1) is 0 Å². The van der Waals surface area contributed by atoms with Crippen LogP contribution in [0.15, 0.2) is 18.2 Å². The molecule has 5 heteroatoms. The van der Waals surface area contributed by atoms with E-state index < -0.39 is 12.0 Å². The molecule has 0 saturated heterocycles. The van der Waals surface area contributed by atoms with Crippen LogP contribution in [0.2, 0.25) is 0 Å². The van der Waals surface area contributed by atoms with Crippen molar-refractivity contribution in [1.82, 2.24) is 0 Å². The van der Waals surface area contributed by atoms with Crippen LogP contribution < -0.4 is 20.3 Å². The first kappa shape index (κ1) is 16.3. The van der Waals surface area contributed by atoms with Crippen molar-refractivity contribution in [3.8, 4) is 11.5 Å². The molecule has 20 heavy (non-hydrogen) atoms. The summed E-state index contributed by atoms with van der Waals surface area (Å²) in [6.07, 6.45) is 4.53. The van der Waals surface area contributed by atoms with Crippen LogP contribution in [-0.2, 0) is 4.79 Å². The van der Waals surface area contributed by atoms with E-state index >= 15 is 0 Å². The Kier molecular flexibility index (Phi) is 6.87. The summed E-state index contributed by atoms with van der Waals surface area (Å²) < 4.78 is 10.9. The highest BCUT2D eigenvalue weighted by Crippen LogP contribution is 2.29. The largest absolute Gasteiger partial charge is 0.544 e. The summed E-state index contributed by atoms with van der Waals surface area (Å²) in [5.41, 5.74) is 4.09. The minimum absolute atomic E-state index is 0.521. The van der Waals surface area contributed by atoms with Crippen molar-refractivity contribution in [3.63, 3.8) is 0 Å². The number of benzene rings is 1. The van der Waals surface area contributed by atoms with Gasteiger partial charge in [0.25, 0.3) is 0 Å². The molecular weight excluding hydrogens is 258 g/mol. The molecule has 0 fully saturated rings. The quantitative estimate of drug-likeness (QED) is 0.675. The number of carboxylic acids is 1. The molecule has 1 atom stereocenters. The summed E-state index contributed by atoms with van der Waals surface area (Å²) in [6.45, 7) is 2.79. The van der Waals surface area contributed by atoms with Gasteiger partial charge < -0.3 is 25.1 Å². The summed E-state index contributed by atoms with van der Waals surface area (Å²) in [5, 5.41) is 10.8. The molecular formula is C15H23NO4. The van der Waals surface area contributed by atoms with Gasteiger partial charge in [0.2, 0.25) is 0 Å². The molecule has 0 aliphatic rings. The number of ether oxygens (including phenoxy) is 2. The highest BCUT2D eigenvalue weighted by atomic mass is 16.5. The number of carboxylic acid groups (broad SMARTS) is 1. The first-order valence-electron chi connectivity index (χ1n) is 6.94. The van der Waals surface area contributed by atoms with Crippen molar-refractivity contribution in [3.05, 3.63) is 23.8 Å². The number of carbonyl (C=O) groups is 1. The third kappa shape index (κ3) is 4.74. The Morgan fingerprint density at radius 2 is 2.05 bits per heavy atom. The van der Waals surface area contributed by atoms with Gasteiger partial charge in [0.15, 0.2) is 17.5 Å². The Balaban J connectivity index is 2.66. The van der Waals surface area contributed by atoms with Crippen molar-refractivity contribution in [2.75, 3.05) is 13.7 Å². The van der Waals surface area contributed by atoms with E-state index in [1.807, 2.05) is 0 Å². The average molecular weight is 281 g/mol. The molecule has 1 rings (SSSR count). The molecule has 0 aliphatic carbocycles. The molecule has 112 valence electrons. The van der Waals surface area contributed by atoms with Gasteiger partial charge in [0, 0.05) is 5.56 Å². The van der Waals surface area contributed by atoms with Crippen molar-refractivity contribution >= 4 is 5.97 Å². The second-order valence-electron chi connectivity index (χ2n) is 4.69. The van der Waals surface area contributed by atoms with Gasteiger partial charge in [-0.2, -0.15) is 0 Å². The van der Waals surface area contributed by atoms with Crippen LogP contribution in [-0.4, -0.2) is 19.7 Å². The lowest BCUT2D eigenvalue weighted by Crippen LogP contribution is -2.61. The summed E-state index contributed by atoms with van der Waals surface area (Å²) >= 11 is 0. The van der Waals surface area contributed by atoms with Crippen molar-refractivity contribution in [2.24, 2.45) is 0 Å². The van der Waals surface area contributed by atoms with Crippen molar-refractivity contribution < 1.29 is 25.1 Å². The van der Waals surface area contributed by atoms with Crippen LogP contribution in [0.25, 0.3) is 0 Å². The van der Waals surface area contributed by atoms with Crippen molar-refractivity contribution in [1.29, 1.82) is 0 Å². The molecule has 0 aliphatic heterocycles. The minimum Gasteiger partial charge on any atom is -0.544 e. The van der Waals surface area contributed by atoms with Gasteiger partial charge in [0.1, 0.15) is 5.97 Å². The minimum atomic E-state index is -1.21. The molecule has 0 aromatic heterocycles. The molecule has 3 N–H and O–H groups in total. The number of rotatable bonds is 9. The average Bonchev–Trinajstić information content (AvgIpc) is 2.46. The first-order valence-corrected chi connectivity index (χ1v) is 6.94. The van der Waals surface area contributed by atoms with Crippen LogP contribution in [0.4, 0.5) is 0 Å². The standard InChI is InChI=1S/C15H23NO4/c1-3-4-5-6-9-20-12-8-7-11(10-13(12)19-2)14(16)15(17)18/h7-8,10,14H,3-6,9,16H2,1-2H3,(H,17,18)/t14-/m0/s1. The molecule has 0 spiro atoms. The van der Waals surface area contributed by atoms with E-state index in [2.05, 4.69) is 12.7 Å². The molecule has 0 amide bonds. The maximum atomic E-state index is 10.8. The highest BCUT2D eigenvalue weighted by molar-refractivity contribution is 5.72. The van der Waals surface area contributed by atoms with Crippen molar-refractivity contribution in [2.45, 2.75) is 38.6 Å². The fraction of sp³-hybridized carbons (Fsp3) is 0.533. The Morgan fingerprint density at radius 3 is 2.65 bits per heavy atom. The highest BCUT2D eigenvalue weighted by Gasteiger charge is 2.14. The molecule has 0 unspecified atom stereocenters. The molecule has 1 aromatic rings. The molecule has 5 nitrogen and oxygen atoms in total. The normalized spacial score (nSPS) is 11.9. The zero-order valence-corrected chi connectivity index (χ0v) is 12.2. The number of quaternary nitrogens is 1. The number of aliphatic carboxylic acids is 1. The number of hydrogen-bond acceptors (Lipinski definition) is 4. The van der Waals surface area contributed by atoms with E-state index in [9.17, 15) is 9.90 Å². The number of methoxy groups -OCH3 is 1. The zero-order valence-electron chi connectivity index (χ0n) is 12.2. The van der Waals surface area contributed by atoms with Gasteiger partial charge in [0.05, 0.1) is 13.7 Å². The second kappa shape index (κ2) is 8.43. The lowest BCUT2D eigenvalue weighted by molar-refractivity contribution is -0.443. The van der Waals surface area contributed by atoms with E-state index in [4.69, 9.17) is 9.47 Å². The van der Waals surface area contributed by atoms with Gasteiger partial charge in [-0.1, -0.05) is 26.2 Å². The predicted molar refractivity (Wildman–Crippen MR) is 73.3 cm³/mol. The summed E-state index contributed by atoms with van der Waals surface area (Å²) in [7, 11) is 1.53. The lowest BCUT2D eigenvalue weighted by atomic mass is 10.1. The van der Waals surface area contributed by atoms with Gasteiger partial charge in [-0.3, -0.25) is 0 Å². The fourth-order valence-electron chi connectivity index (χ4n) is 1.87. The van der Waals surface area contributed by atoms with Crippen LogP contribution in [0.1, 0.15) is 44.2 Å². The topological polar surface area (TPSA) is 86.2 Å². The molecule has 0 radical (unpaired) electrons. The Labute approximate surface area is 119 Å². The third-order valence-electron chi connectivity index (χ3n) is 3.13. The van der Waals surface area contributed by atoms with E-state index in [0.29, 0.717) is 23.7 Å². The Hall–Kier alpha value is -1.75. The maximum absolute atomic E-state index is 10.8. The van der Waals surface area contributed by atoms with Gasteiger partial charge in [-0.05, 0) is 24.6 Å². The third-order valence-corrected chi connectivity index (χ3v) is 3.13. The van der Waals surface area contributed by atoms with Gasteiger partial charge in [-0.15, -0.1) is 0 Å². The van der Waals surface area contributed by atoms with E-state index in [1.54, 1.807) is 18.2 Å². The molecule has 0 saturated carbocycles. The number of unbranched alkanes of at least 4 members (excludes halogenated alkanes) is 3. The first-order chi connectivity index (χ1) is 9.60. The van der Waals surface area contributed by atoms with Gasteiger partial charge >= 0.3 is 0 Å². The second-order valence-corrected chi connectivity index (χ2v) is 4.69. The maximum Gasteiger partial charge on any atom is 0.161 e. The number of carbonyl (C=O) groups excluding carboxylic acids is 1. The SMILES string of the molecule is CCCCCCOc1ccc([C@H]([NH3+])C(=O)[O-])cc1OC. The number of hydrogen-bond donors (Lipinski definition) is 1. The zero-order chi connectivity index (χ0) is 15.0. The summed E-state index contributed by atoms with van der Waals surface area (Å²) in [5.74, 6) is -0.0634. The Morgan fingerprint density at radius 1 is 1.30 bits per heavy atom. The fourth-order valence-corrected chi connectivity index (χ4v) is 1.87. The molecule has 1 aromatic carbocycles. The molecule has 0 bridgehead atoms. The van der Waals surface area contributed by atoms with E-state index in [0.717, 1.165) is 12.8 Å². The van der Waals surface area contributed by atoms with Crippen LogP contribution in [0.5, 0.6) is 11.5 Å². The van der Waals surface area contributed by atoms with E-state index in [-0.39, 0.29) is 0 Å². The monoisotopic (exact) mass is 281 g/mol. The summed E-state index contributed by atoms with van der Waals surface area (Å²) in [4.78, 5) is 10.8. The predicted octanol–water partition coefficient (Wildman–Crippen LogP) is 0.687.